The van der Waals surface area contributed by atoms with Crippen LogP contribution in [0, 0.1) is 11.8 Å². The van der Waals surface area contributed by atoms with Crippen LogP contribution in [0.5, 0.6) is 0 Å². The zero-order valence-electron chi connectivity index (χ0n) is 7.14. The standard InChI is InChI=1S/C7H6ClNO2.HNO2/c1-4-2-5(7(10)11)6(8)9-3-4;2-1-3/h2-3H,1H3,(H,10,11);(H,2,3). The predicted molar refractivity (Wildman–Crippen MR) is 48.5 cm³/mol. The highest BCUT2D eigenvalue weighted by atomic mass is 35.5. The van der Waals surface area contributed by atoms with Crippen LogP contribution < -0.4 is 0 Å². The zero-order chi connectivity index (χ0) is 11.1. The van der Waals surface area contributed by atoms with Crippen molar-refractivity contribution in [3.05, 3.63) is 33.5 Å². The first-order chi connectivity index (χ1) is 6.52. The summed E-state index contributed by atoms with van der Waals surface area (Å²) in [7, 11) is 0. The highest BCUT2D eigenvalue weighted by Gasteiger charge is 2.08. The van der Waals surface area contributed by atoms with E-state index in [1.807, 2.05) is 0 Å². The van der Waals surface area contributed by atoms with E-state index in [4.69, 9.17) is 26.8 Å². The number of carbonyl (C=O) groups is 1. The lowest BCUT2D eigenvalue weighted by atomic mass is 10.2. The van der Waals surface area contributed by atoms with Crippen LogP contribution in [0.15, 0.2) is 17.6 Å². The maximum atomic E-state index is 10.4. The number of aryl methyl sites for hydroxylation is 1. The number of carboxylic acids is 1. The van der Waals surface area contributed by atoms with E-state index in [2.05, 4.69) is 4.98 Å². The Balaban J connectivity index is 0.000000500. The van der Waals surface area contributed by atoms with Gasteiger partial charge in [0.15, 0.2) is 5.34 Å². The highest BCUT2D eigenvalue weighted by molar-refractivity contribution is 6.32. The normalized spacial score (nSPS) is 8.43. The number of hydrogen-bond donors (Lipinski definition) is 2. The molecule has 0 aliphatic heterocycles. The summed E-state index contributed by atoms with van der Waals surface area (Å²) in [5, 5.41) is 16.5. The molecule has 76 valence electrons. The van der Waals surface area contributed by atoms with Gasteiger partial charge in [-0.05, 0) is 18.6 Å². The topological polar surface area (TPSA) is 99.8 Å². The molecule has 0 radical (unpaired) electrons. The van der Waals surface area contributed by atoms with Crippen molar-refractivity contribution in [3.63, 3.8) is 0 Å². The van der Waals surface area contributed by atoms with E-state index in [-0.39, 0.29) is 10.7 Å². The molecule has 0 spiro atoms. The lowest BCUT2D eigenvalue weighted by Crippen LogP contribution is -1.99. The molecule has 2 N–H and O–H groups in total. The number of hydrogen-bond acceptors (Lipinski definition) is 4. The molecule has 1 aromatic rings. The smallest absolute Gasteiger partial charge is 0.338 e. The summed E-state index contributed by atoms with van der Waals surface area (Å²) in [5.41, 5.74) is 0.832. The Morgan fingerprint density at radius 2 is 2.14 bits per heavy atom. The maximum absolute atomic E-state index is 10.4. The van der Waals surface area contributed by atoms with Crippen LogP contribution in [0.4, 0.5) is 0 Å². The molecule has 14 heavy (non-hydrogen) atoms. The quantitative estimate of drug-likeness (QED) is 0.426. The second-order valence-electron chi connectivity index (χ2n) is 2.24. The number of aromatic carboxylic acids is 1. The third-order valence-corrected chi connectivity index (χ3v) is 1.51. The third-order valence-electron chi connectivity index (χ3n) is 1.21. The molecule has 7 heteroatoms. The van der Waals surface area contributed by atoms with Crippen molar-refractivity contribution >= 4 is 17.6 Å². The average Bonchev–Trinajstić information content (AvgIpc) is 2.10. The summed E-state index contributed by atoms with van der Waals surface area (Å²) < 4.78 is 0. The second-order valence-corrected chi connectivity index (χ2v) is 2.60. The predicted octanol–water partition coefficient (Wildman–Crippen LogP) is 1.88. The molecule has 0 unspecified atom stereocenters. The van der Waals surface area contributed by atoms with Crippen molar-refractivity contribution in [2.75, 3.05) is 0 Å². The summed E-state index contributed by atoms with van der Waals surface area (Å²) >= 11 is 5.50. The first-order valence-electron chi connectivity index (χ1n) is 3.35. The van der Waals surface area contributed by atoms with Crippen LogP contribution >= 0.6 is 11.6 Å². The largest absolute Gasteiger partial charge is 0.478 e. The molecule has 0 fully saturated rings. The molecule has 0 aliphatic carbocycles. The van der Waals surface area contributed by atoms with E-state index in [1.165, 1.54) is 17.6 Å². The van der Waals surface area contributed by atoms with E-state index >= 15 is 0 Å². The Kier molecular flexibility index (Phi) is 5.16. The van der Waals surface area contributed by atoms with Gasteiger partial charge in [-0.3, -0.25) is 0 Å². The van der Waals surface area contributed by atoms with Gasteiger partial charge in [0, 0.05) is 6.20 Å². The van der Waals surface area contributed by atoms with Gasteiger partial charge in [-0.15, -0.1) is 4.91 Å². The fourth-order valence-corrected chi connectivity index (χ4v) is 0.887. The molecule has 0 saturated carbocycles. The van der Waals surface area contributed by atoms with Gasteiger partial charge >= 0.3 is 5.97 Å². The molecular formula is C7H7ClN2O4. The molecule has 0 saturated heterocycles. The van der Waals surface area contributed by atoms with Crippen molar-refractivity contribution in [3.8, 4) is 0 Å². The van der Waals surface area contributed by atoms with Crippen LogP contribution in [0.3, 0.4) is 0 Å². The van der Waals surface area contributed by atoms with Gasteiger partial charge in [0.2, 0.25) is 0 Å². The molecule has 0 atom stereocenters. The van der Waals surface area contributed by atoms with Crippen molar-refractivity contribution in [2.24, 2.45) is 5.34 Å². The summed E-state index contributed by atoms with van der Waals surface area (Å²) in [5.74, 6) is -1.05. The third kappa shape index (κ3) is 3.81. The minimum absolute atomic E-state index is 0.0306. The van der Waals surface area contributed by atoms with E-state index in [0.717, 1.165) is 5.56 Å². The SMILES string of the molecule is Cc1cnc(Cl)c(C(=O)O)c1.O=NO. The number of aromatic nitrogens is 1. The molecule has 6 nitrogen and oxygen atoms in total. The van der Waals surface area contributed by atoms with Crippen LogP contribution in [0.25, 0.3) is 0 Å². The average molecular weight is 219 g/mol. The summed E-state index contributed by atoms with van der Waals surface area (Å²) in [6.07, 6.45) is 1.52. The minimum atomic E-state index is -1.05. The fourth-order valence-electron chi connectivity index (χ4n) is 0.702. The number of nitrogens with zero attached hydrogens (tertiary/aromatic N) is 2. The Labute approximate surface area is 84.1 Å². The number of halogens is 1. The molecule has 1 aromatic heterocycles. The van der Waals surface area contributed by atoms with Crippen LogP contribution in [-0.2, 0) is 0 Å². The molecule has 1 rings (SSSR count). The first-order valence-corrected chi connectivity index (χ1v) is 3.73. The van der Waals surface area contributed by atoms with Gasteiger partial charge < -0.3 is 10.3 Å². The van der Waals surface area contributed by atoms with E-state index < -0.39 is 5.97 Å². The number of rotatable bonds is 1. The second kappa shape index (κ2) is 5.87. The van der Waals surface area contributed by atoms with Gasteiger partial charge in [0.25, 0.3) is 0 Å². The van der Waals surface area contributed by atoms with E-state index in [9.17, 15) is 4.79 Å². The highest BCUT2D eigenvalue weighted by Crippen LogP contribution is 2.13. The summed E-state index contributed by atoms with van der Waals surface area (Å²) in [6, 6.07) is 1.48. The number of carboxylic acid groups (broad SMARTS) is 1. The molecule has 0 aromatic carbocycles. The van der Waals surface area contributed by atoms with E-state index in [0.29, 0.717) is 0 Å². The zero-order valence-corrected chi connectivity index (χ0v) is 7.89. The Morgan fingerprint density at radius 3 is 2.50 bits per heavy atom. The Bertz CT molecular complexity index is 342. The Morgan fingerprint density at radius 1 is 1.64 bits per heavy atom. The lowest BCUT2D eigenvalue weighted by molar-refractivity contribution is 0.0696. The van der Waals surface area contributed by atoms with Gasteiger partial charge in [-0.1, -0.05) is 11.6 Å². The van der Waals surface area contributed by atoms with Crippen LogP contribution in [0.2, 0.25) is 5.15 Å². The monoisotopic (exact) mass is 218 g/mol. The molecule has 0 bridgehead atoms. The molecule has 0 aliphatic rings. The fraction of sp³-hybridized carbons (Fsp3) is 0.143. The molecule has 0 amide bonds. The van der Waals surface area contributed by atoms with Gasteiger partial charge in [0.05, 0.1) is 5.56 Å². The van der Waals surface area contributed by atoms with Crippen LogP contribution in [0.1, 0.15) is 15.9 Å². The summed E-state index contributed by atoms with van der Waals surface area (Å²) in [6.45, 7) is 1.76. The molecule has 1 heterocycles. The van der Waals surface area contributed by atoms with Crippen molar-refractivity contribution in [1.29, 1.82) is 0 Å². The van der Waals surface area contributed by atoms with Gasteiger partial charge in [-0.25, -0.2) is 9.78 Å². The summed E-state index contributed by atoms with van der Waals surface area (Å²) in [4.78, 5) is 22.2. The Hall–Kier alpha value is -1.69. The molecular weight excluding hydrogens is 212 g/mol. The van der Waals surface area contributed by atoms with Gasteiger partial charge in [0.1, 0.15) is 5.15 Å². The van der Waals surface area contributed by atoms with Crippen molar-refractivity contribution in [2.45, 2.75) is 6.92 Å². The lowest BCUT2D eigenvalue weighted by Gasteiger charge is -1.97. The maximum Gasteiger partial charge on any atom is 0.338 e. The van der Waals surface area contributed by atoms with Crippen molar-refractivity contribution in [1.82, 2.24) is 4.98 Å². The van der Waals surface area contributed by atoms with Gasteiger partial charge in [-0.2, -0.15) is 0 Å². The van der Waals surface area contributed by atoms with Crippen molar-refractivity contribution < 1.29 is 15.1 Å². The number of pyridine rings is 1. The van der Waals surface area contributed by atoms with E-state index in [1.54, 1.807) is 6.92 Å². The van der Waals surface area contributed by atoms with Crippen LogP contribution in [-0.4, -0.2) is 21.3 Å². The minimum Gasteiger partial charge on any atom is -0.478 e. The first kappa shape index (κ1) is 12.3.